The van der Waals surface area contributed by atoms with Crippen LogP contribution in [-0.4, -0.2) is 88.0 Å². The zero-order valence-electron chi connectivity index (χ0n) is 24.6. The van der Waals surface area contributed by atoms with Crippen LogP contribution in [0.1, 0.15) is 61.2 Å². The normalized spacial score (nSPS) is 28.8. The van der Waals surface area contributed by atoms with E-state index in [0.29, 0.717) is 66.3 Å². The molecule has 1 aliphatic carbocycles. The summed E-state index contributed by atoms with van der Waals surface area (Å²) >= 11 is 1.34. The summed E-state index contributed by atoms with van der Waals surface area (Å²) < 4.78 is 51.9. The van der Waals surface area contributed by atoms with Crippen LogP contribution in [0.2, 0.25) is 0 Å². The molecule has 1 aromatic heterocycles. The monoisotopic (exact) mass is 631 g/mol. The van der Waals surface area contributed by atoms with E-state index in [0.717, 1.165) is 0 Å². The number of benzene rings is 1. The number of aliphatic imine (C=N–C) groups is 1. The fourth-order valence-electron chi connectivity index (χ4n) is 7.39. The maximum absolute atomic E-state index is 15.9. The van der Waals surface area contributed by atoms with Crippen molar-refractivity contribution < 1.29 is 32.6 Å². The number of amidine groups is 1. The number of hydrogen-bond acceptors (Lipinski definition) is 9. The third kappa shape index (κ3) is 5.65. The predicted octanol–water partition coefficient (Wildman–Crippen LogP) is 4.54. The Morgan fingerprint density at radius 1 is 1.20 bits per heavy atom. The number of esters is 1. The van der Waals surface area contributed by atoms with E-state index < -0.39 is 54.3 Å². The van der Waals surface area contributed by atoms with Gasteiger partial charge in [0.05, 0.1) is 30.7 Å². The van der Waals surface area contributed by atoms with Gasteiger partial charge in [-0.25, -0.2) is 22.9 Å². The molecule has 0 amide bonds. The minimum Gasteiger partial charge on any atom is -0.481 e. The maximum atomic E-state index is 15.9. The topological polar surface area (TPSA) is 107 Å². The number of hydrogen-bond donors (Lipinski definition) is 2. The van der Waals surface area contributed by atoms with E-state index in [-0.39, 0.29) is 24.8 Å². The number of ether oxygens (including phenoxy) is 1. The van der Waals surface area contributed by atoms with Gasteiger partial charge < -0.3 is 15.2 Å². The Morgan fingerprint density at radius 3 is 2.66 bits per heavy atom. The number of aliphatic carboxylic acids is 1. The molecule has 2 N–H and O–H groups in total. The van der Waals surface area contributed by atoms with Crippen LogP contribution in [0.25, 0.3) is 0 Å². The molecule has 0 radical (unpaired) electrons. The van der Waals surface area contributed by atoms with E-state index in [1.165, 1.54) is 17.4 Å². The lowest BCUT2D eigenvalue weighted by atomic mass is 9.85. The number of alkyl halides is 2. The molecule has 1 aromatic carbocycles. The molecule has 4 aliphatic rings. The van der Waals surface area contributed by atoms with Gasteiger partial charge in [-0.2, -0.15) is 0 Å². The summed E-state index contributed by atoms with van der Waals surface area (Å²) in [7, 11) is 0. The first-order valence-electron chi connectivity index (χ1n) is 15.1. The Bertz CT molecular complexity index is 1470. The molecule has 2 saturated heterocycles. The lowest BCUT2D eigenvalue weighted by molar-refractivity contribution is -0.143. The molecule has 0 bridgehead atoms. The van der Waals surface area contributed by atoms with Crippen LogP contribution in [0, 0.1) is 18.7 Å². The number of nitrogens with zero attached hydrogens (tertiary/aromatic N) is 4. The number of fused-ring (bicyclic) bond motifs is 1. The number of carboxylic acids is 1. The van der Waals surface area contributed by atoms with Gasteiger partial charge in [-0.15, -0.1) is 11.3 Å². The number of rotatable bonds is 8. The molecule has 0 spiro atoms. The maximum Gasteiger partial charge on any atom is 0.338 e. The van der Waals surface area contributed by atoms with E-state index in [1.54, 1.807) is 42.5 Å². The van der Waals surface area contributed by atoms with Gasteiger partial charge in [0.2, 0.25) is 0 Å². The molecular weight excluding hydrogens is 595 g/mol. The SMILES string of the molecule is CCOC(=O)C1=C(CN2CC(F)(F)[C@H]3[C@@H]2CCN3C2CCC(C(=O)O)CC2)NC(c2nccs2)=N[C@H]1c1cccc(F)c1C. The number of halogens is 3. The van der Waals surface area contributed by atoms with Crippen LogP contribution in [0.5, 0.6) is 0 Å². The molecular formula is C31H36F3N5O4S. The van der Waals surface area contributed by atoms with Gasteiger partial charge in [-0.3, -0.25) is 19.6 Å². The predicted molar refractivity (Wildman–Crippen MR) is 158 cm³/mol. The molecule has 236 valence electrons. The highest BCUT2D eigenvalue weighted by Crippen LogP contribution is 2.45. The van der Waals surface area contributed by atoms with E-state index in [4.69, 9.17) is 9.73 Å². The molecule has 3 fully saturated rings. The fraction of sp³-hybridized carbons (Fsp3) is 0.548. The minimum atomic E-state index is -3.01. The molecule has 44 heavy (non-hydrogen) atoms. The molecule has 3 atom stereocenters. The molecule has 9 nitrogen and oxygen atoms in total. The highest BCUT2D eigenvalue weighted by atomic mass is 32.1. The Kier molecular flexibility index (Phi) is 8.55. The summed E-state index contributed by atoms with van der Waals surface area (Å²) in [5.41, 5.74) is 1.36. The van der Waals surface area contributed by atoms with Crippen molar-refractivity contribution in [1.29, 1.82) is 0 Å². The largest absolute Gasteiger partial charge is 0.481 e. The van der Waals surface area contributed by atoms with Crippen LogP contribution in [0.3, 0.4) is 0 Å². The quantitative estimate of drug-likeness (QED) is 0.410. The second-order valence-electron chi connectivity index (χ2n) is 12.0. The average Bonchev–Trinajstić information content (AvgIpc) is 3.74. The first kappa shape index (κ1) is 30.7. The average molecular weight is 632 g/mol. The summed E-state index contributed by atoms with van der Waals surface area (Å²) in [6.07, 6.45) is 4.29. The summed E-state index contributed by atoms with van der Waals surface area (Å²) in [5.74, 6) is -4.95. The molecule has 4 heterocycles. The summed E-state index contributed by atoms with van der Waals surface area (Å²) in [5, 5.41) is 15.0. The molecule has 13 heteroatoms. The van der Waals surface area contributed by atoms with Gasteiger partial charge in [0.1, 0.15) is 11.9 Å². The van der Waals surface area contributed by atoms with Crippen molar-refractivity contribution >= 4 is 29.1 Å². The smallest absolute Gasteiger partial charge is 0.338 e. The second kappa shape index (κ2) is 12.2. The van der Waals surface area contributed by atoms with Crippen molar-refractivity contribution in [2.45, 2.75) is 76.0 Å². The number of likely N-dealkylation sites (tertiary alicyclic amines) is 2. The van der Waals surface area contributed by atoms with E-state index in [2.05, 4.69) is 10.3 Å². The van der Waals surface area contributed by atoms with Crippen LogP contribution in [0.4, 0.5) is 13.2 Å². The van der Waals surface area contributed by atoms with Crippen LogP contribution in [0.15, 0.2) is 46.0 Å². The van der Waals surface area contributed by atoms with Crippen LogP contribution < -0.4 is 5.32 Å². The van der Waals surface area contributed by atoms with E-state index in [9.17, 15) is 19.1 Å². The Morgan fingerprint density at radius 2 is 1.98 bits per heavy atom. The van der Waals surface area contributed by atoms with Crippen molar-refractivity contribution in [3.05, 3.63) is 63.0 Å². The number of carboxylic acid groups (broad SMARTS) is 1. The van der Waals surface area contributed by atoms with Gasteiger partial charge in [0.15, 0.2) is 10.8 Å². The number of nitrogens with one attached hydrogen (secondary N) is 1. The molecule has 0 unspecified atom stereocenters. The minimum absolute atomic E-state index is 0.0136. The summed E-state index contributed by atoms with van der Waals surface area (Å²) in [6.45, 7) is 3.43. The van der Waals surface area contributed by atoms with Gasteiger partial charge in [0, 0.05) is 42.4 Å². The third-order valence-electron chi connectivity index (χ3n) is 9.46. The Labute approximate surface area is 257 Å². The van der Waals surface area contributed by atoms with Crippen molar-refractivity contribution in [2.24, 2.45) is 10.9 Å². The van der Waals surface area contributed by atoms with Crippen molar-refractivity contribution in [3.8, 4) is 0 Å². The number of carbonyl (C=O) groups is 2. The van der Waals surface area contributed by atoms with Gasteiger partial charge >= 0.3 is 11.9 Å². The number of aromatic nitrogens is 1. The van der Waals surface area contributed by atoms with Gasteiger partial charge in [-0.05, 0) is 63.1 Å². The molecule has 2 aromatic rings. The summed E-state index contributed by atoms with van der Waals surface area (Å²) in [6, 6.07) is 2.13. The lowest BCUT2D eigenvalue weighted by Crippen LogP contribution is -2.50. The standard InChI is InChI=1S/C31H36F3N5O4S/c1-3-43-30(42)24-22(36-27(28-35-12-14-44-28)37-25(24)20-5-4-6-21(32)17(20)2)15-38-16-31(33,34)26-23(38)11-13-39(26)19-9-7-18(8-10-19)29(40)41/h4-6,12,14,18-19,23,25-26H,3,7-11,13,15-16H2,1-2H3,(H,36,37)(H,40,41)/t18?,19?,23-,25-,26+/m0/s1. The Hall–Kier alpha value is -3.29. The first-order chi connectivity index (χ1) is 21.1. The fourth-order valence-corrected chi connectivity index (χ4v) is 7.98. The second-order valence-corrected chi connectivity index (χ2v) is 12.9. The van der Waals surface area contributed by atoms with Gasteiger partial charge in [-0.1, -0.05) is 12.1 Å². The number of carbonyl (C=O) groups excluding carboxylic acids is 1. The van der Waals surface area contributed by atoms with Crippen LogP contribution >= 0.6 is 11.3 Å². The van der Waals surface area contributed by atoms with Gasteiger partial charge in [0.25, 0.3) is 5.92 Å². The zero-order chi connectivity index (χ0) is 31.2. The van der Waals surface area contributed by atoms with Crippen molar-refractivity contribution in [1.82, 2.24) is 20.1 Å². The number of thiazole rings is 1. The molecule has 1 saturated carbocycles. The molecule has 6 rings (SSSR count). The van der Waals surface area contributed by atoms with E-state index >= 15 is 8.78 Å². The highest BCUT2D eigenvalue weighted by molar-refractivity contribution is 7.11. The zero-order valence-corrected chi connectivity index (χ0v) is 25.5. The first-order valence-corrected chi connectivity index (χ1v) is 16.0. The lowest BCUT2D eigenvalue weighted by Gasteiger charge is -2.38. The summed E-state index contributed by atoms with van der Waals surface area (Å²) in [4.78, 5) is 37.8. The highest BCUT2D eigenvalue weighted by Gasteiger charge is 2.60. The van der Waals surface area contributed by atoms with Crippen molar-refractivity contribution in [2.75, 3.05) is 26.2 Å². The van der Waals surface area contributed by atoms with E-state index in [1.807, 2.05) is 4.90 Å². The van der Waals surface area contributed by atoms with Crippen LogP contribution in [-0.2, 0) is 14.3 Å². The Balaban J connectivity index is 1.34. The third-order valence-corrected chi connectivity index (χ3v) is 10.2. The molecule has 3 aliphatic heterocycles. The van der Waals surface area contributed by atoms with Crippen molar-refractivity contribution in [3.63, 3.8) is 0 Å².